The van der Waals surface area contributed by atoms with E-state index in [1.807, 2.05) is 31.2 Å². The van der Waals surface area contributed by atoms with Gasteiger partial charge in [-0.25, -0.2) is 4.98 Å². The number of anilines is 3. The monoisotopic (exact) mass is 509 g/mol. The lowest BCUT2D eigenvalue weighted by Crippen LogP contribution is -2.16. The van der Waals surface area contributed by atoms with Crippen LogP contribution in [0.5, 0.6) is 5.75 Å². The highest BCUT2D eigenvalue weighted by atomic mass is 31.2. The van der Waals surface area contributed by atoms with Crippen molar-refractivity contribution in [3.63, 3.8) is 0 Å². The van der Waals surface area contributed by atoms with Gasteiger partial charge in [-0.2, -0.15) is 5.10 Å². The Morgan fingerprint density at radius 2 is 1.92 bits per heavy atom. The fraction of sp³-hybridized carbons (Fsp3) is 0.385. The number of hydrogen-bond acceptors (Lipinski definition) is 7. The first kappa shape index (κ1) is 25.6. The number of amides is 1. The lowest BCUT2D eigenvalue weighted by Gasteiger charge is -2.17. The van der Waals surface area contributed by atoms with Gasteiger partial charge < -0.3 is 19.9 Å². The number of ether oxygens (including phenoxy) is 1. The maximum absolute atomic E-state index is 12.8. The Labute approximate surface area is 211 Å². The molecule has 1 saturated carbocycles. The van der Waals surface area contributed by atoms with Crippen LogP contribution in [0.3, 0.4) is 0 Å². The Morgan fingerprint density at radius 1 is 1.17 bits per heavy atom. The second-order valence-corrected chi connectivity index (χ2v) is 12.4. The number of nitrogens with one attached hydrogen (secondary N) is 2. The summed E-state index contributed by atoms with van der Waals surface area (Å²) in [6, 6.07) is 9.10. The predicted molar refractivity (Wildman–Crippen MR) is 142 cm³/mol. The van der Waals surface area contributed by atoms with Crippen molar-refractivity contribution in [2.24, 2.45) is 5.92 Å². The molecule has 0 radical (unpaired) electrons. The van der Waals surface area contributed by atoms with E-state index in [-0.39, 0.29) is 17.6 Å². The first-order chi connectivity index (χ1) is 17.2. The van der Waals surface area contributed by atoms with E-state index < -0.39 is 7.14 Å². The van der Waals surface area contributed by atoms with Crippen LogP contribution >= 0.6 is 7.14 Å². The van der Waals surface area contributed by atoms with Gasteiger partial charge >= 0.3 is 0 Å². The molecule has 1 fully saturated rings. The van der Waals surface area contributed by atoms with E-state index in [0.29, 0.717) is 52.6 Å². The molecule has 3 aromatic rings. The second-order valence-electron chi connectivity index (χ2n) is 9.22. The van der Waals surface area contributed by atoms with Gasteiger partial charge in [-0.15, -0.1) is 0 Å². The molecule has 1 amide bonds. The summed E-state index contributed by atoms with van der Waals surface area (Å²) in [4.78, 5) is 29.2. The number of hydrogen-bond donors (Lipinski definition) is 2. The average Bonchev–Trinajstić information content (AvgIpc) is 3.61. The Balaban J connectivity index is 1.75. The summed E-state index contributed by atoms with van der Waals surface area (Å²) < 4.78 is 20.4. The molecule has 0 unspecified atom stereocenters. The number of rotatable bonds is 10. The number of aromatic nitrogens is 3. The van der Waals surface area contributed by atoms with Crippen LogP contribution in [-0.2, 0) is 15.9 Å². The van der Waals surface area contributed by atoms with Crippen molar-refractivity contribution in [3.8, 4) is 17.0 Å². The molecule has 0 saturated heterocycles. The van der Waals surface area contributed by atoms with Crippen LogP contribution in [0.1, 0.15) is 43.5 Å². The first-order valence-corrected chi connectivity index (χ1v) is 14.7. The number of Topliss-reactive ketones (excluding diaryl/α,β-unsaturated/α-hetero) is 1. The Kier molecular flexibility index (Phi) is 7.31. The van der Waals surface area contributed by atoms with E-state index in [4.69, 9.17) is 4.74 Å². The van der Waals surface area contributed by atoms with Crippen LogP contribution in [-0.4, -0.2) is 46.9 Å². The van der Waals surface area contributed by atoms with E-state index in [1.54, 1.807) is 38.1 Å². The molecule has 2 heterocycles. The van der Waals surface area contributed by atoms with Crippen LogP contribution in [0, 0.1) is 5.92 Å². The normalized spacial score (nSPS) is 13.4. The van der Waals surface area contributed by atoms with Crippen molar-refractivity contribution in [2.45, 2.75) is 39.7 Å². The van der Waals surface area contributed by atoms with Crippen LogP contribution in [0.2, 0.25) is 0 Å². The minimum Gasteiger partial charge on any atom is -0.494 e. The van der Waals surface area contributed by atoms with E-state index in [9.17, 15) is 14.2 Å². The Morgan fingerprint density at radius 3 is 2.50 bits per heavy atom. The Bertz CT molecular complexity index is 1360. The third-order valence-corrected chi connectivity index (χ3v) is 7.56. The molecule has 2 N–H and O–H groups in total. The molecule has 9 nitrogen and oxygen atoms in total. The molecule has 0 aliphatic heterocycles. The van der Waals surface area contributed by atoms with E-state index in [1.165, 1.54) is 6.20 Å². The summed E-state index contributed by atoms with van der Waals surface area (Å²) in [6.45, 7) is 7.80. The van der Waals surface area contributed by atoms with Gasteiger partial charge in [0.25, 0.3) is 0 Å². The number of nitrogens with zero attached hydrogens (tertiary/aromatic N) is 3. The maximum Gasteiger partial charge on any atom is 0.228 e. The minimum absolute atomic E-state index is 0.0336. The van der Waals surface area contributed by atoms with Crippen molar-refractivity contribution >= 4 is 41.5 Å². The smallest absolute Gasteiger partial charge is 0.228 e. The minimum atomic E-state index is -2.54. The zero-order valence-electron chi connectivity index (χ0n) is 21.3. The molecule has 190 valence electrons. The Hall–Kier alpha value is -3.45. The van der Waals surface area contributed by atoms with Gasteiger partial charge in [-0.3, -0.25) is 14.3 Å². The van der Waals surface area contributed by atoms with Crippen molar-refractivity contribution in [3.05, 3.63) is 42.1 Å². The van der Waals surface area contributed by atoms with Crippen molar-refractivity contribution in [2.75, 3.05) is 31.1 Å². The highest BCUT2D eigenvalue weighted by molar-refractivity contribution is 7.69. The van der Waals surface area contributed by atoms with Crippen LogP contribution in [0.4, 0.5) is 17.2 Å². The summed E-state index contributed by atoms with van der Waals surface area (Å²) in [6.07, 6.45) is 3.57. The molecule has 10 heteroatoms. The molecule has 4 rings (SSSR count). The number of ketones is 1. The molecule has 0 atom stereocenters. The molecule has 1 aliphatic carbocycles. The highest BCUT2D eigenvalue weighted by Crippen LogP contribution is 2.41. The van der Waals surface area contributed by atoms with Gasteiger partial charge in [0.05, 0.1) is 35.2 Å². The number of benzene rings is 1. The molecular formula is C26H32N5O4P. The third kappa shape index (κ3) is 5.36. The number of para-hydroxylation sites is 1. The fourth-order valence-electron chi connectivity index (χ4n) is 4.02. The zero-order chi connectivity index (χ0) is 26.0. The van der Waals surface area contributed by atoms with Gasteiger partial charge in [-0.05, 0) is 51.3 Å². The topological polar surface area (TPSA) is 115 Å². The molecule has 0 bridgehead atoms. The summed E-state index contributed by atoms with van der Waals surface area (Å²) in [5.74, 6) is 0.806. The summed E-state index contributed by atoms with van der Waals surface area (Å²) in [5, 5.41) is 10.8. The standard InChI is InChI=1S/C26H32N5O4P/c1-6-22(32)18-15-27-23(29-26(33)16-11-12-16)13-20(18)28-19-10-8-9-17(25(19)35-3)21-14-24(36(4,5)34)31(7-2)30-21/h8-10,13-16H,6-7,11-12H2,1-5H3,(H2,27,28,29,33). The maximum atomic E-state index is 12.8. The van der Waals surface area contributed by atoms with E-state index in [0.717, 1.165) is 18.4 Å². The molecule has 1 aromatic carbocycles. The lowest BCUT2D eigenvalue weighted by molar-refractivity contribution is -0.117. The average molecular weight is 510 g/mol. The van der Waals surface area contributed by atoms with Gasteiger partial charge in [0.2, 0.25) is 5.91 Å². The molecule has 1 aliphatic rings. The van der Waals surface area contributed by atoms with E-state index in [2.05, 4.69) is 20.7 Å². The van der Waals surface area contributed by atoms with Crippen LogP contribution in [0.25, 0.3) is 11.3 Å². The van der Waals surface area contributed by atoms with E-state index >= 15 is 0 Å². The van der Waals surface area contributed by atoms with Crippen molar-refractivity contribution in [1.29, 1.82) is 0 Å². The third-order valence-electron chi connectivity index (χ3n) is 6.10. The molecule has 2 aromatic heterocycles. The van der Waals surface area contributed by atoms with Crippen molar-refractivity contribution in [1.82, 2.24) is 14.8 Å². The second kappa shape index (κ2) is 10.3. The summed E-state index contributed by atoms with van der Waals surface area (Å²) in [7, 11) is -0.971. The predicted octanol–water partition coefficient (Wildman–Crippen LogP) is 4.91. The summed E-state index contributed by atoms with van der Waals surface area (Å²) >= 11 is 0. The molecular weight excluding hydrogens is 477 g/mol. The van der Waals surface area contributed by atoms with Gasteiger partial charge in [0.15, 0.2) is 11.5 Å². The molecule has 36 heavy (non-hydrogen) atoms. The number of carbonyl (C=O) groups excluding carboxylic acids is 2. The number of methoxy groups -OCH3 is 1. The van der Waals surface area contributed by atoms with Crippen LogP contribution < -0.4 is 20.8 Å². The summed E-state index contributed by atoms with van der Waals surface area (Å²) in [5.41, 5.74) is 3.63. The van der Waals surface area contributed by atoms with Gasteiger partial charge in [0, 0.05) is 36.7 Å². The van der Waals surface area contributed by atoms with Crippen LogP contribution in [0.15, 0.2) is 36.5 Å². The highest BCUT2D eigenvalue weighted by Gasteiger charge is 2.30. The van der Waals surface area contributed by atoms with Gasteiger partial charge in [0.1, 0.15) is 13.0 Å². The van der Waals surface area contributed by atoms with Gasteiger partial charge in [-0.1, -0.05) is 13.0 Å². The quantitative estimate of drug-likeness (QED) is 0.295. The number of pyridine rings is 1. The molecule has 0 spiro atoms. The zero-order valence-corrected chi connectivity index (χ0v) is 22.2. The lowest BCUT2D eigenvalue weighted by atomic mass is 10.1. The number of carbonyl (C=O) groups is 2. The first-order valence-electron chi connectivity index (χ1n) is 12.1. The largest absolute Gasteiger partial charge is 0.494 e. The number of aryl methyl sites for hydroxylation is 1. The fourth-order valence-corrected chi connectivity index (χ4v) is 5.20. The van der Waals surface area contributed by atoms with Crippen molar-refractivity contribution < 1.29 is 18.9 Å². The SMILES string of the molecule is CCC(=O)c1cnc(NC(=O)C2CC2)cc1Nc1cccc(-c2cc(P(C)(C)=O)n(CC)n2)c1OC.